The van der Waals surface area contributed by atoms with E-state index in [9.17, 15) is 14.7 Å². The SMILES string of the molecule is CCC(CC)n1nc(C(=O)N2Cc3ccccc3CC2C(=O)O)cc1C. The molecule has 1 atom stereocenters. The Labute approximate surface area is 153 Å². The van der Waals surface area contributed by atoms with Gasteiger partial charge in [-0.1, -0.05) is 38.1 Å². The van der Waals surface area contributed by atoms with Crippen LogP contribution in [0, 0.1) is 6.92 Å². The lowest BCUT2D eigenvalue weighted by atomic mass is 9.93. The number of hydrogen-bond acceptors (Lipinski definition) is 3. The van der Waals surface area contributed by atoms with Crippen molar-refractivity contribution in [2.24, 2.45) is 0 Å². The molecular formula is C20H25N3O3. The van der Waals surface area contributed by atoms with Crippen molar-refractivity contribution in [1.82, 2.24) is 14.7 Å². The van der Waals surface area contributed by atoms with Gasteiger partial charge in [0.1, 0.15) is 6.04 Å². The van der Waals surface area contributed by atoms with E-state index in [2.05, 4.69) is 18.9 Å². The molecule has 2 heterocycles. The molecule has 1 aliphatic rings. The Morgan fingerprint density at radius 2 is 1.88 bits per heavy atom. The molecule has 0 bridgehead atoms. The maximum Gasteiger partial charge on any atom is 0.326 e. The summed E-state index contributed by atoms with van der Waals surface area (Å²) >= 11 is 0. The number of rotatable bonds is 5. The first kappa shape index (κ1) is 18.2. The van der Waals surface area contributed by atoms with Crippen LogP contribution in [-0.4, -0.2) is 37.7 Å². The summed E-state index contributed by atoms with van der Waals surface area (Å²) in [5.74, 6) is -1.30. The molecule has 1 amide bonds. The van der Waals surface area contributed by atoms with Crippen molar-refractivity contribution in [1.29, 1.82) is 0 Å². The van der Waals surface area contributed by atoms with Gasteiger partial charge in [-0.15, -0.1) is 0 Å². The lowest BCUT2D eigenvalue weighted by Crippen LogP contribution is -2.48. The van der Waals surface area contributed by atoms with E-state index in [1.165, 1.54) is 4.90 Å². The summed E-state index contributed by atoms with van der Waals surface area (Å²) in [5, 5.41) is 14.1. The Bertz CT molecular complexity index is 823. The standard InChI is InChI=1S/C20H25N3O3/c1-4-16(5-2)23-13(3)10-17(21-23)19(24)22-12-15-9-7-6-8-14(15)11-18(22)20(25)26/h6-10,16,18H,4-5,11-12H2,1-3H3,(H,25,26). The van der Waals surface area contributed by atoms with Crippen LogP contribution in [0.1, 0.15) is 60.0 Å². The molecule has 1 aliphatic heterocycles. The van der Waals surface area contributed by atoms with Crippen molar-refractivity contribution in [3.8, 4) is 0 Å². The molecule has 1 unspecified atom stereocenters. The van der Waals surface area contributed by atoms with E-state index in [0.29, 0.717) is 18.7 Å². The van der Waals surface area contributed by atoms with Crippen LogP contribution in [0.15, 0.2) is 30.3 Å². The summed E-state index contributed by atoms with van der Waals surface area (Å²) in [4.78, 5) is 26.3. The summed E-state index contributed by atoms with van der Waals surface area (Å²) in [6.45, 7) is 6.42. The fourth-order valence-corrected chi connectivity index (χ4v) is 3.70. The molecule has 26 heavy (non-hydrogen) atoms. The number of amides is 1. The highest BCUT2D eigenvalue weighted by atomic mass is 16.4. The molecule has 1 aromatic heterocycles. The summed E-state index contributed by atoms with van der Waals surface area (Å²) in [7, 11) is 0. The van der Waals surface area contributed by atoms with Crippen LogP contribution in [0.2, 0.25) is 0 Å². The number of hydrogen-bond donors (Lipinski definition) is 1. The predicted molar refractivity (Wildman–Crippen MR) is 98.0 cm³/mol. The molecule has 3 rings (SSSR count). The molecule has 0 radical (unpaired) electrons. The first-order valence-corrected chi connectivity index (χ1v) is 9.12. The van der Waals surface area contributed by atoms with Crippen molar-refractivity contribution < 1.29 is 14.7 Å². The first-order valence-electron chi connectivity index (χ1n) is 9.12. The number of carboxylic acids is 1. The molecule has 6 nitrogen and oxygen atoms in total. The zero-order valence-electron chi connectivity index (χ0n) is 15.5. The molecule has 0 aliphatic carbocycles. The number of carbonyl (C=O) groups excluding carboxylic acids is 1. The van der Waals surface area contributed by atoms with Crippen molar-refractivity contribution >= 4 is 11.9 Å². The van der Waals surface area contributed by atoms with Gasteiger partial charge in [-0.25, -0.2) is 4.79 Å². The van der Waals surface area contributed by atoms with Gasteiger partial charge in [0.2, 0.25) is 0 Å². The second-order valence-electron chi connectivity index (χ2n) is 6.85. The topological polar surface area (TPSA) is 75.4 Å². The van der Waals surface area contributed by atoms with Crippen LogP contribution in [0.5, 0.6) is 0 Å². The highest BCUT2D eigenvalue weighted by molar-refractivity contribution is 5.95. The van der Waals surface area contributed by atoms with Crippen molar-refractivity contribution in [3.63, 3.8) is 0 Å². The van der Waals surface area contributed by atoms with E-state index in [0.717, 1.165) is 29.7 Å². The highest BCUT2D eigenvalue weighted by Gasteiger charge is 2.36. The van der Waals surface area contributed by atoms with E-state index in [4.69, 9.17) is 0 Å². The number of carboxylic acid groups (broad SMARTS) is 1. The van der Waals surface area contributed by atoms with Crippen molar-refractivity contribution in [2.45, 2.75) is 58.7 Å². The normalized spacial score (nSPS) is 16.6. The summed E-state index contributed by atoms with van der Waals surface area (Å²) in [6.07, 6.45) is 2.19. The van der Waals surface area contributed by atoms with Gasteiger partial charge < -0.3 is 10.0 Å². The van der Waals surface area contributed by atoms with Crippen LogP contribution < -0.4 is 0 Å². The van der Waals surface area contributed by atoms with Gasteiger partial charge in [0.25, 0.3) is 5.91 Å². The number of aromatic nitrogens is 2. The van der Waals surface area contributed by atoms with Crippen LogP contribution in [0.25, 0.3) is 0 Å². The average Bonchev–Trinajstić information content (AvgIpc) is 3.02. The van der Waals surface area contributed by atoms with Crippen LogP contribution in [-0.2, 0) is 17.8 Å². The maximum absolute atomic E-state index is 13.1. The third kappa shape index (κ3) is 3.23. The molecule has 0 fully saturated rings. The van der Waals surface area contributed by atoms with E-state index < -0.39 is 12.0 Å². The second-order valence-corrected chi connectivity index (χ2v) is 6.85. The van der Waals surface area contributed by atoms with Gasteiger partial charge in [0.05, 0.1) is 6.04 Å². The molecule has 1 aromatic carbocycles. The highest BCUT2D eigenvalue weighted by Crippen LogP contribution is 2.26. The van der Waals surface area contributed by atoms with Crippen LogP contribution in [0.3, 0.4) is 0 Å². The monoisotopic (exact) mass is 355 g/mol. The molecule has 0 spiro atoms. The van der Waals surface area contributed by atoms with Gasteiger partial charge >= 0.3 is 5.97 Å². The Kier molecular flexibility index (Phi) is 5.11. The predicted octanol–water partition coefficient (Wildman–Crippen LogP) is 3.20. The van der Waals surface area contributed by atoms with Crippen molar-refractivity contribution in [3.05, 3.63) is 52.8 Å². The molecule has 2 aromatic rings. The van der Waals surface area contributed by atoms with Crippen LogP contribution >= 0.6 is 0 Å². The lowest BCUT2D eigenvalue weighted by Gasteiger charge is -2.34. The molecule has 0 saturated heterocycles. The Hall–Kier alpha value is -2.63. The largest absolute Gasteiger partial charge is 0.480 e. The maximum atomic E-state index is 13.1. The summed E-state index contributed by atoms with van der Waals surface area (Å²) < 4.78 is 1.89. The minimum atomic E-state index is -0.982. The Morgan fingerprint density at radius 3 is 2.50 bits per heavy atom. The fourth-order valence-electron chi connectivity index (χ4n) is 3.70. The molecule has 6 heteroatoms. The minimum Gasteiger partial charge on any atom is -0.480 e. The zero-order valence-corrected chi connectivity index (χ0v) is 15.5. The Morgan fingerprint density at radius 1 is 1.23 bits per heavy atom. The number of fused-ring (bicyclic) bond motifs is 1. The second kappa shape index (κ2) is 7.32. The minimum absolute atomic E-state index is 0.244. The third-order valence-electron chi connectivity index (χ3n) is 5.22. The average molecular weight is 355 g/mol. The number of benzene rings is 1. The number of aliphatic carboxylic acids is 1. The Balaban J connectivity index is 1.93. The van der Waals surface area contributed by atoms with Gasteiger partial charge in [-0.3, -0.25) is 9.48 Å². The quantitative estimate of drug-likeness (QED) is 0.894. The number of aryl methyl sites for hydroxylation is 1. The third-order valence-corrected chi connectivity index (χ3v) is 5.22. The molecular weight excluding hydrogens is 330 g/mol. The smallest absolute Gasteiger partial charge is 0.326 e. The van der Waals surface area contributed by atoms with Gasteiger partial charge in [-0.05, 0) is 37.0 Å². The molecule has 138 valence electrons. The molecule has 0 saturated carbocycles. The number of carbonyl (C=O) groups is 2. The van der Waals surface area contributed by atoms with E-state index >= 15 is 0 Å². The fraction of sp³-hybridized carbons (Fsp3) is 0.450. The zero-order chi connectivity index (χ0) is 18.8. The van der Waals surface area contributed by atoms with Gasteiger partial charge in [-0.2, -0.15) is 5.10 Å². The molecule has 1 N–H and O–H groups in total. The summed E-state index contributed by atoms with van der Waals surface area (Å²) in [6, 6.07) is 8.83. The van der Waals surface area contributed by atoms with Gasteiger partial charge in [0.15, 0.2) is 5.69 Å². The van der Waals surface area contributed by atoms with E-state index in [1.807, 2.05) is 35.9 Å². The summed E-state index contributed by atoms with van der Waals surface area (Å²) in [5.41, 5.74) is 3.23. The first-order chi connectivity index (χ1) is 12.5. The van der Waals surface area contributed by atoms with Crippen molar-refractivity contribution in [2.75, 3.05) is 0 Å². The lowest BCUT2D eigenvalue weighted by molar-refractivity contribution is -0.142. The van der Waals surface area contributed by atoms with Gasteiger partial charge in [0, 0.05) is 18.7 Å². The van der Waals surface area contributed by atoms with E-state index in [-0.39, 0.29) is 11.9 Å². The number of nitrogens with zero attached hydrogens (tertiary/aromatic N) is 3. The van der Waals surface area contributed by atoms with E-state index in [1.54, 1.807) is 6.07 Å². The van der Waals surface area contributed by atoms with Crippen LogP contribution in [0.4, 0.5) is 0 Å².